The van der Waals surface area contributed by atoms with Crippen molar-refractivity contribution in [1.29, 1.82) is 0 Å². The minimum absolute atomic E-state index is 0.288. The maximum absolute atomic E-state index is 13.0. The molecule has 0 bridgehead atoms. The average Bonchev–Trinajstić information content (AvgIpc) is 3.34. The number of rotatable bonds is 6. The van der Waals surface area contributed by atoms with E-state index in [0.29, 0.717) is 29.9 Å². The molecule has 0 aliphatic rings. The second kappa shape index (κ2) is 7.46. The van der Waals surface area contributed by atoms with Crippen LogP contribution in [-0.4, -0.2) is 27.2 Å². The van der Waals surface area contributed by atoms with Crippen LogP contribution < -0.4 is 15.6 Å². The van der Waals surface area contributed by atoms with E-state index in [1.807, 2.05) is 31.2 Å². The van der Waals surface area contributed by atoms with Crippen LogP contribution in [0.5, 0.6) is 5.75 Å². The number of carbonyl (C=O) groups excluding carboxylic acids is 1. The third kappa shape index (κ3) is 3.26. The van der Waals surface area contributed by atoms with Gasteiger partial charge in [-0.3, -0.25) is 14.0 Å². The summed E-state index contributed by atoms with van der Waals surface area (Å²) in [7, 11) is 1.59. The van der Waals surface area contributed by atoms with Gasteiger partial charge in [0.1, 0.15) is 23.1 Å². The van der Waals surface area contributed by atoms with Gasteiger partial charge in [-0.15, -0.1) is 0 Å². The standard InChI is InChI=1S/C21H22N4O4/c1-4-19-23-25(21(27)17-11-18-16(24(17)19)8-9-29-18)13(2)20(26)22-12-14-6-5-7-15(10-14)28-3/h5-11,13H,4,12H2,1-3H3,(H,22,26)/t13-/m1/s1. The number of ether oxygens (including phenoxy) is 1. The van der Waals surface area contributed by atoms with Gasteiger partial charge in [0.05, 0.1) is 18.9 Å². The van der Waals surface area contributed by atoms with Gasteiger partial charge in [0.25, 0.3) is 5.56 Å². The van der Waals surface area contributed by atoms with E-state index in [9.17, 15) is 9.59 Å². The number of aryl methyl sites for hydroxylation is 1. The van der Waals surface area contributed by atoms with Crippen LogP contribution in [0, 0.1) is 0 Å². The minimum atomic E-state index is -0.760. The van der Waals surface area contributed by atoms with Gasteiger partial charge >= 0.3 is 0 Å². The van der Waals surface area contributed by atoms with Crippen molar-refractivity contribution in [1.82, 2.24) is 19.5 Å². The van der Waals surface area contributed by atoms with Crippen molar-refractivity contribution >= 4 is 22.5 Å². The fourth-order valence-electron chi connectivity index (χ4n) is 3.41. The predicted octanol–water partition coefficient (Wildman–Crippen LogP) is 2.69. The third-order valence-corrected chi connectivity index (χ3v) is 4.99. The molecule has 0 spiro atoms. The number of nitrogens with one attached hydrogen (secondary N) is 1. The van der Waals surface area contributed by atoms with Gasteiger partial charge in [-0.05, 0) is 24.6 Å². The van der Waals surface area contributed by atoms with Crippen LogP contribution >= 0.6 is 0 Å². The molecule has 0 aliphatic heterocycles. The van der Waals surface area contributed by atoms with Crippen LogP contribution in [0.25, 0.3) is 16.6 Å². The molecule has 0 saturated heterocycles. The number of amides is 1. The number of methoxy groups -OCH3 is 1. The van der Waals surface area contributed by atoms with Crippen LogP contribution in [0.3, 0.4) is 0 Å². The molecular weight excluding hydrogens is 372 g/mol. The molecule has 150 valence electrons. The maximum atomic E-state index is 13.0. The Balaban J connectivity index is 1.63. The Morgan fingerprint density at radius 2 is 2.10 bits per heavy atom. The van der Waals surface area contributed by atoms with Crippen molar-refractivity contribution in [2.45, 2.75) is 32.9 Å². The maximum Gasteiger partial charge on any atom is 0.291 e. The number of furan rings is 1. The number of fused-ring (bicyclic) bond motifs is 3. The molecule has 3 heterocycles. The molecule has 1 aromatic carbocycles. The van der Waals surface area contributed by atoms with Gasteiger partial charge < -0.3 is 14.5 Å². The Hall–Kier alpha value is -3.55. The first-order valence-corrected chi connectivity index (χ1v) is 9.44. The van der Waals surface area contributed by atoms with Crippen LogP contribution in [-0.2, 0) is 17.8 Å². The van der Waals surface area contributed by atoms with Crippen LogP contribution in [0.1, 0.15) is 31.3 Å². The fraction of sp³-hybridized carbons (Fsp3) is 0.286. The van der Waals surface area contributed by atoms with E-state index < -0.39 is 6.04 Å². The normalized spacial score (nSPS) is 12.4. The zero-order valence-corrected chi connectivity index (χ0v) is 16.5. The van der Waals surface area contributed by atoms with E-state index in [-0.39, 0.29) is 11.5 Å². The van der Waals surface area contributed by atoms with E-state index in [4.69, 9.17) is 9.15 Å². The highest BCUT2D eigenvalue weighted by atomic mass is 16.5. The van der Waals surface area contributed by atoms with Crippen LogP contribution in [0.15, 0.2) is 51.9 Å². The second-order valence-corrected chi connectivity index (χ2v) is 6.80. The van der Waals surface area contributed by atoms with Crippen molar-refractivity contribution in [3.63, 3.8) is 0 Å². The van der Waals surface area contributed by atoms with Crippen molar-refractivity contribution in [3.8, 4) is 5.75 Å². The number of benzene rings is 1. The summed E-state index contributed by atoms with van der Waals surface area (Å²) in [5.41, 5.74) is 2.42. The summed E-state index contributed by atoms with van der Waals surface area (Å²) in [5, 5.41) is 7.33. The molecule has 1 amide bonds. The summed E-state index contributed by atoms with van der Waals surface area (Å²) in [6.07, 6.45) is 2.18. The van der Waals surface area contributed by atoms with Crippen LogP contribution in [0.4, 0.5) is 0 Å². The van der Waals surface area contributed by atoms with Gasteiger partial charge in [0.2, 0.25) is 5.91 Å². The van der Waals surface area contributed by atoms with Crippen molar-refractivity contribution in [3.05, 3.63) is 64.4 Å². The molecular formula is C21H22N4O4. The molecule has 8 nitrogen and oxygen atoms in total. The lowest BCUT2D eigenvalue weighted by Gasteiger charge is -2.16. The molecule has 3 aromatic heterocycles. The Morgan fingerprint density at radius 1 is 1.28 bits per heavy atom. The molecule has 8 heteroatoms. The molecule has 0 aliphatic carbocycles. The quantitative estimate of drug-likeness (QED) is 0.543. The second-order valence-electron chi connectivity index (χ2n) is 6.80. The minimum Gasteiger partial charge on any atom is -0.497 e. The van der Waals surface area contributed by atoms with E-state index in [1.54, 1.807) is 36.8 Å². The Morgan fingerprint density at radius 3 is 2.86 bits per heavy atom. The molecule has 1 atom stereocenters. The number of aromatic nitrogens is 3. The number of hydrogen-bond acceptors (Lipinski definition) is 5. The summed E-state index contributed by atoms with van der Waals surface area (Å²) in [6.45, 7) is 3.95. The van der Waals surface area contributed by atoms with Crippen molar-refractivity contribution < 1.29 is 13.9 Å². The van der Waals surface area contributed by atoms with Gasteiger partial charge in [-0.25, -0.2) is 4.68 Å². The topological polar surface area (TPSA) is 90.8 Å². The van der Waals surface area contributed by atoms with Gasteiger partial charge in [0, 0.05) is 25.1 Å². The molecule has 4 aromatic rings. The SMILES string of the molecule is CCc1nn([C@H](C)C(=O)NCc2cccc(OC)c2)c(=O)c2cc3occc3n12. The lowest BCUT2D eigenvalue weighted by atomic mass is 10.2. The van der Waals surface area contributed by atoms with Crippen molar-refractivity contribution in [2.24, 2.45) is 0 Å². The Bertz CT molecular complexity index is 1250. The highest BCUT2D eigenvalue weighted by Crippen LogP contribution is 2.21. The lowest BCUT2D eigenvalue weighted by Crippen LogP contribution is -2.38. The fourth-order valence-corrected chi connectivity index (χ4v) is 3.41. The third-order valence-electron chi connectivity index (χ3n) is 4.99. The Kier molecular flexibility index (Phi) is 4.84. The molecule has 29 heavy (non-hydrogen) atoms. The summed E-state index contributed by atoms with van der Waals surface area (Å²) >= 11 is 0. The average molecular weight is 394 g/mol. The van der Waals surface area contributed by atoms with Crippen molar-refractivity contribution in [2.75, 3.05) is 7.11 Å². The monoisotopic (exact) mass is 394 g/mol. The van der Waals surface area contributed by atoms with Crippen LogP contribution in [0.2, 0.25) is 0 Å². The molecule has 0 saturated carbocycles. The number of carbonyl (C=O) groups is 1. The molecule has 0 unspecified atom stereocenters. The van der Waals surface area contributed by atoms with E-state index in [0.717, 1.165) is 16.8 Å². The highest BCUT2D eigenvalue weighted by molar-refractivity contribution is 5.83. The summed E-state index contributed by atoms with van der Waals surface area (Å²) < 4.78 is 13.7. The number of hydrogen-bond donors (Lipinski definition) is 1. The molecule has 4 rings (SSSR count). The zero-order valence-electron chi connectivity index (χ0n) is 16.5. The van der Waals surface area contributed by atoms with Gasteiger partial charge in [-0.1, -0.05) is 19.1 Å². The zero-order chi connectivity index (χ0) is 20.5. The summed E-state index contributed by atoms with van der Waals surface area (Å²) in [6, 6.07) is 10.2. The number of nitrogens with zero attached hydrogens (tertiary/aromatic N) is 3. The van der Waals surface area contributed by atoms with Gasteiger partial charge in [0.15, 0.2) is 5.58 Å². The predicted molar refractivity (Wildman–Crippen MR) is 108 cm³/mol. The summed E-state index contributed by atoms with van der Waals surface area (Å²) in [5.74, 6) is 1.12. The van der Waals surface area contributed by atoms with E-state index in [2.05, 4.69) is 10.4 Å². The molecule has 0 fully saturated rings. The Labute approximate surface area is 166 Å². The smallest absolute Gasteiger partial charge is 0.291 e. The first-order valence-electron chi connectivity index (χ1n) is 9.44. The van der Waals surface area contributed by atoms with E-state index in [1.165, 1.54) is 4.68 Å². The summed E-state index contributed by atoms with van der Waals surface area (Å²) in [4.78, 5) is 25.7. The first kappa shape index (κ1) is 18.8. The highest BCUT2D eigenvalue weighted by Gasteiger charge is 2.22. The first-order chi connectivity index (χ1) is 14.0. The molecule has 0 radical (unpaired) electrons. The van der Waals surface area contributed by atoms with Gasteiger partial charge in [-0.2, -0.15) is 5.10 Å². The van der Waals surface area contributed by atoms with E-state index >= 15 is 0 Å². The largest absolute Gasteiger partial charge is 0.497 e. The lowest BCUT2D eigenvalue weighted by molar-refractivity contribution is -0.124. The molecule has 1 N–H and O–H groups in total.